The summed E-state index contributed by atoms with van der Waals surface area (Å²) in [7, 11) is -2.30. The molecule has 0 atom stereocenters. The molecule has 0 heterocycles. The average molecular weight is 473 g/mol. The number of amides is 1. The molecule has 2 rings (SSSR count). The molecule has 0 aromatic heterocycles. The average Bonchev–Trinajstić information content (AvgIpc) is 2.66. The van der Waals surface area contributed by atoms with Crippen molar-refractivity contribution >= 4 is 31.9 Å². The summed E-state index contributed by atoms with van der Waals surface area (Å²) in [4.78, 5) is 14.5. The third-order valence-electron chi connectivity index (χ3n) is 4.01. The summed E-state index contributed by atoms with van der Waals surface area (Å²) in [5.74, 6) is -0.731. The highest BCUT2D eigenvalue weighted by molar-refractivity contribution is 9.10. The number of methoxy groups -OCH3 is 1. The zero-order valence-electron chi connectivity index (χ0n) is 15.6. The lowest BCUT2D eigenvalue weighted by molar-refractivity contribution is 0.0751. The Balaban J connectivity index is 2.28. The summed E-state index contributed by atoms with van der Waals surface area (Å²) < 4.78 is 46.0. The molecular weight excluding hydrogens is 451 g/mol. The smallest absolute Gasteiger partial charge is 0.255 e. The third kappa shape index (κ3) is 5.84. The quantitative estimate of drug-likeness (QED) is 0.568. The lowest BCUT2D eigenvalue weighted by Crippen LogP contribution is -2.31. The number of hydrogen-bond acceptors (Lipinski definition) is 4. The van der Waals surface area contributed by atoms with Crippen molar-refractivity contribution in [2.75, 3.05) is 26.8 Å². The van der Waals surface area contributed by atoms with Gasteiger partial charge in [-0.25, -0.2) is 17.5 Å². The molecule has 0 unspecified atom stereocenters. The second-order valence-corrected chi connectivity index (χ2v) is 8.60. The fourth-order valence-electron chi connectivity index (χ4n) is 2.55. The Bertz CT molecular complexity index is 937. The second kappa shape index (κ2) is 10.1. The molecule has 0 fully saturated rings. The van der Waals surface area contributed by atoms with E-state index in [4.69, 9.17) is 4.74 Å². The Hall–Kier alpha value is -1.81. The molecule has 6 nitrogen and oxygen atoms in total. The molecule has 0 aliphatic heterocycles. The van der Waals surface area contributed by atoms with Gasteiger partial charge < -0.3 is 9.64 Å². The zero-order chi connectivity index (χ0) is 20.7. The number of nitrogens with zero attached hydrogens (tertiary/aromatic N) is 1. The van der Waals surface area contributed by atoms with Crippen LogP contribution in [0.4, 0.5) is 4.39 Å². The van der Waals surface area contributed by atoms with E-state index < -0.39 is 10.0 Å². The van der Waals surface area contributed by atoms with E-state index in [9.17, 15) is 17.6 Å². The van der Waals surface area contributed by atoms with Crippen molar-refractivity contribution in [3.8, 4) is 0 Å². The molecule has 152 valence electrons. The van der Waals surface area contributed by atoms with Crippen molar-refractivity contribution < 1.29 is 22.3 Å². The predicted molar refractivity (Wildman–Crippen MR) is 108 cm³/mol. The number of carbonyl (C=O) groups excluding carboxylic acids is 1. The first-order valence-electron chi connectivity index (χ1n) is 8.60. The number of sulfonamides is 1. The van der Waals surface area contributed by atoms with Gasteiger partial charge in [0, 0.05) is 31.2 Å². The Morgan fingerprint density at radius 3 is 2.64 bits per heavy atom. The van der Waals surface area contributed by atoms with Gasteiger partial charge in [-0.05, 0) is 58.7 Å². The number of benzene rings is 2. The van der Waals surface area contributed by atoms with Gasteiger partial charge in [0.25, 0.3) is 5.91 Å². The van der Waals surface area contributed by atoms with Crippen molar-refractivity contribution in [3.05, 3.63) is 63.9 Å². The lowest BCUT2D eigenvalue weighted by atomic mass is 10.1. The SMILES string of the molecule is CCN(Cc1cccc(F)c1)C(=O)c1cc(S(=O)(=O)NCCOC)ccc1Br. The summed E-state index contributed by atoms with van der Waals surface area (Å²) in [6.45, 7) is 2.75. The number of carbonyl (C=O) groups is 1. The first-order chi connectivity index (χ1) is 13.3. The summed E-state index contributed by atoms with van der Waals surface area (Å²) >= 11 is 3.31. The highest BCUT2D eigenvalue weighted by Crippen LogP contribution is 2.23. The monoisotopic (exact) mass is 472 g/mol. The second-order valence-electron chi connectivity index (χ2n) is 5.98. The zero-order valence-corrected chi connectivity index (χ0v) is 18.0. The van der Waals surface area contributed by atoms with Crippen molar-refractivity contribution in [2.45, 2.75) is 18.4 Å². The minimum Gasteiger partial charge on any atom is -0.383 e. The van der Waals surface area contributed by atoms with Gasteiger partial charge in [-0.15, -0.1) is 0 Å². The molecule has 28 heavy (non-hydrogen) atoms. The largest absolute Gasteiger partial charge is 0.383 e. The number of halogens is 2. The maximum atomic E-state index is 13.4. The van der Waals surface area contributed by atoms with E-state index in [0.29, 0.717) is 16.6 Å². The van der Waals surface area contributed by atoms with E-state index in [2.05, 4.69) is 20.7 Å². The van der Waals surface area contributed by atoms with Crippen LogP contribution in [0.3, 0.4) is 0 Å². The van der Waals surface area contributed by atoms with Gasteiger partial charge >= 0.3 is 0 Å². The number of ether oxygens (including phenoxy) is 1. The summed E-state index contributed by atoms with van der Waals surface area (Å²) in [6.07, 6.45) is 0. The normalized spacial score (nSPS) is 11.4. The van der Waals surface area contributed by atoms with E-state index >= 15 is 0 Å². The number of hydrogen-bond donors (Lipinski definition) is 1. The maximum absolute atomic E-state index is 13.4. The third-order valence-corrected chi connectivity index (χ3v) is 6.16. The standard InChI is InChI=1S/C19H22BrFN2O4S/c1-3-23(13-14-5-4-6-15(21)11-14)19(24)17-12-16(7-8-18(17)20)28(25,26)22-9-10-27-2/h4-8,11-12,22H,3,9-10,13H2,1-2H3. The minimum atomic E-state index is -3.77. The summed E-state index contributed by atoms with van der Waals surface area (Å²) in [5.41, 5.74) is 0.865. The number of nitrogens with one attached hydrogen (secondary N) is 1. The van der Waals surface area contributed by atoms with Crippen LogP contribution in [0.15, 0.2) is 51.8 Å². The van der Waals surface area contributed by atoms with Crippen LogP contribution in [0.2, 0.25) is 0 Å². The topological polar surface area (TPSA) is 75.7 Å². The van der Waals surface area contributed by atoms with Crippen molar-refractivity contribution in [2.24, 2.45) is 0 Å². The molecule has 0 bridgehead atoms. The van der Waals surface area contributed by atoms with E-state index in [-0.39, 0.29) is 41.9 Å². The Morgan fingerprint density at radius 1 is 1.25 bits per heavy atom. The van der Waals surface area contributed by atoms with Crippen molar-refractivity contribution in [1.29, 1.82) is 0 Å². The first-order valence-corrected chi connectivity index (χ1v) is 10.9. The molecule has 1 N–H and O–H groups in total. The molecular formula is C19H22BrFN2O4S. The Labute approximate surface area is 172 Å². The summed E-state index contributed by atoms with van der Waals surface area (Å²) in [5, 5.41) is 0. The van der Waals surface area contributed by atoms with Gasteiger partial charge in [0.2, 0.25) is 10.0 Å². The molecule has 2 aromatic rings. The minimum absolute atomic E-state index is 0.0167. The predicted octanol–water partition coefficient (Wildman–Crippen LogP) is 3.18. The van der Waals surface area contributed by atoms with Crippen LogP contribution in [0, 0.1) is 5.82 Å². The van der Waals surface area contributed by atoms with Crippen molar-refractivity contribution in [3.63, 3.8) is 0 Å². The van der Waals surface area contributed by atoms with E-state index in [1.54, 1.807) is 19.1 Å². The fourth-order valence-corrected chi connectivity index (χ4v) is 4.01. The first kappa shape index (κ1) is 22.5. The van der Waals surface area contributed by atoms with Crippen LogP contribution in [-0.4, -0.2) is 46.0 Å². The van der Waals surface area contributed by atoms with Gasteiger partial charge in [-0.1, -0.05) is 12.1 Å². The van der Waals surface area contributed by atoms with Crippen LogP contribution < -0.4 is 4.72 Å². The van der Waals surface area contributed by atoms with Gasteiger partial charge in [-0.2, -0.15) is 0 Å². The highest BCUT2D eigenvalue weighted by Gasteiger charge is 2.21. The molecule has 0 saturated heterocycles. The van der Waals surface area contributed by atoms with Gasteiger partial charge in [0.15, 0.2) is 0 Å². The van der Waals surface area contributed by atoms with Crippen LogP contribution in [-0.2, 0) is 21.3 Å². The van der Waals surface area contributed by atoms with Gasteiger partial charge in [0.1, 0.15) is 5.82 Å². The van der Waals surface area contributed by atoms with E-state index in [1.165, 1.54) is 42.3 Å². The fraction of sp³-hybridized carbons (Fsp3) is 0.316. The van der Waals surface area contributed by atoms with Gasteiger partial charge in [-0.3, -0.25) is 4.79 Å². The van der Waals surface area contributed by atoms with Crippen LogP contribution in [0.1, 0.15) is 22.8 Å². The van der Waals surface area contributed by atoms with E-state index in [0.717, 1.165) is 0 Å². The summed E-state index contributed by atoms with van der Waals surface area (Å²) in [6, 6.07) is 10.3. The van der Waals surface area contributed by atoms with Crippen LogP contribution in [0.5, 0.6) is 0 Å². The Morgan fingerprint density at radius 2 is 2.00 bits per heavy atom. The molecule has 1 amide bonds. The van der Waals surface area contributed by atoms with E-state index in [1.807, 2.05) is 0 Å². The molecule has 0 radical (unpaired) electrons. The molecule has 0 saturated carbocycles. The maximum Gasteiger partial charge on any atom is 0.255 e. The lowest BCUT2D eigenvalue weighted by Gasteiger charge is -2.22. The molecule has 2 aromatic carbocycles. The van der Waals surface area contributed by atoms with Crippen LogP contribution >= 0.6 is 15.9 Å². The Kier molecular flexibility index (Phi) is 8.11. The highest BCUT2D eigenvalue weighted by atomic mass is 79.9. The molecule has 0 aliphatic rings. The van der Waals surface area contributed by atoms with Crippen molar-refractivity contribution in [1.82, 2.24) is 9.62 Å². The molecule has 0 spiro atoms. The molecule has 9 heteroatoms. The molecule has 0 aliphatic carbocycles. The van der Waals surface area contributed by atoms with Gasteiger partial charge in [0.05, 0.1) is 17.1 Å². The van der Waals surface area contributed by atoms with Crippen LogP contribution in [0.25, 0.3) is 0 Å². The number of rotatable bonds is 9.